The molecule has 0 unspecified atom stereocenters. The van der Waals surface area contributed by atoms with Gasteiger partial charge in [0.25, 0.3) is 11.8 Å². The van der Waals surface area contributed by atoms with Gasteiger partial charge in [-0.2, -0.15) is 0 Å². The zero-order valence-electron chi connectivity index (χ0n) is 31.1. The number of pyridine rings is 2. The summed E-state index contributed by atoms with van der Waals surface area (Å²) in [5, 5.41) is 12.1. The van der Waals surface area contributed by atoms with Crippen molar-refractivity contribution in [2.45, 2.75) is 39.2 Å². The number of fused-ring (bicyclic) bond motifs is 2. The highest BCUT2D eigenvalue weighted by atomic mass is 32.1. The maximum Gasteiger partial charge on any atom is 0.297 e. The quantitative estimate of drug-likeness (QED) is 0.0650. The topological polar surface area (TPSA) is 153 Å². The Kier molecular flexibility index (Phi) is 12.1. The number of hydrogen-bond donors (Lipinski definition) is 4. The predicted molar refractivity (Wildman–Crippen MR) is 228 cm³/mol. The van der Waals surface area contributed by atoms with Crippen LogP contribution < -0.4 is 30.7 Å². The Balaban J connectivity index is 1.01. The third kappa shape index (κ3) is 9.43. The van der Waals surface area contributed by atoms with Crippen LogP contribution in [-0.2, 0) is 13.0 Å². The van der Waals surface area contributed by atoms with Crippen LogP contribution >= 0.6 is 24.4 Å². The van der Waals surface area contributed by atoms with Crippen LogP contribution in [0, 0.1) is 0 Å². The molecule has 4 N–H and O–H groups in total. The van der Waals surface area contributed by atoms with Crippen LogP contribution in [0.15, 0.2) is 118 Å². The van der Waals surface area contributed by atoms with Gasteiger partial charge in [-0.1, -0.05) is 68.3 Å². The maximum atomic E-state index is 13.3. The summed E-state index contributed by atoms with van der Waals surface area (Å²) in [5.74, 6) is -0.472. The molecule has 14 heteroatoms. The van der Waals surface area contributed by atoms with Gasteiger partial charge in [0.15, 0.2) is 32.8 Å². The van der Waals surface area contributed by atoms with Gasteiger partial charge in [0.1, 0.15) is 12.4 Å². The minimum absolute atomic E-state index is 0.00537. The molecule has 0 atom stereocenters. The van der Waals surface area contributed by atoms with Crippen LogP contribution in [0.4, 0.5) is 11.4 Å². The monoisotopic (exact) mass is 798 g/mol. The molecule has 3 aromatic carbocycles. The molecule has 0 saturated carbocycles. The third-order valence-electron chi connectivity index (χ3n) is 8.94. The molecule has 57 heavy (non-hydrogen) atoms. The molecule has 4 heterocycles. The Morgan fingerprint density at radius 3 is 2.32 bits per heavy atom. The minimum atomic E-state index is -0.603. The van der Waals surface area contributed by atoms with E-state index in [0.29, 0.717) is 45.7 Å². The van der Waals surface area contributed by atoms with Gasteiger partial charge in [-0.3, -0.25) is 20.2 Å². The van der Waals surface area contributed by atoms with E-state index in [1.807, 2.05) is 72.8 Å². The van der Waals surface area contributed by atoms with Crippen molar-refractivity contribution >= 4 is 80.0 Å². The van der Waals surface area contributed by atoms with Crippen molar-refractivity contribution in [1.29, 1.82) is 0 Å². The molecular weight excluding hydrogens is 761 g/mol. The summed E-state index contributed by atoms with van der Waals surface area (Å²) in [7, 11) is 1.43. The molecular formula is C43H38N6O6S2. The fourth-order valence-corrected chi connectivity index (χ4v) is 6.55. The molecule has 7 rings (SSSR count). The van der Waals surface area contributed by atoms with Gasteiger partial charge < -0.3 is 28.9 Å². The number of hydrogen-bond acceptors (Lipinski definition) is 10. The smallest absolute Gasteiger partial charge is 0.297 e. The third-order valence-corrected chi connectivity index (χ3v) is 9.35. The molecule has 0 fully saturated rings. The van der Waals surface area contributed by atoms with Crippen molar-refractivity contribution in [3.8, 4) is 22.6 Å². The summed E-state index contributed by atoms with van der Waals surface area (Å²) in [6, 6.07) is 30.1. The number of nitrogens with one attached hydrogen (secondary N) is 4. The molecule has 0 bridgehead atoms. The Morgan fingerprint density at radius 1 is 0.772 bits per heavy atom. The number of carbonyl (C=O) groups is 2. The highest BCUT2D eigenvalue weighted by molar-refractivity contribution is 7.80. The zero-order valence-corrected chi connectivity index (χ0v) is 32.7. The zero-order chi connectivity index (χ0) is 39.7. The number of methoxy groups -OCH3 is 1. The average Bonchev–Trinajstić information content (AvgIpc) is 3.83. The summed E-state index contributed by atoms with van der Waals surface area (Å²) in [5.41, 5.74) is 5.81. The van der Waals surface area contributed by atoms with E-state index in [9.17, 15) is 9.59 Å². The molecule has 0 radical (unpaired) electrons. The lowest BCUT2D eigenvalue weighted by Crippen LogP contribution is -2.34. The van der Waals surface area contributed by atoms with Gasteiger partial charge in [0.2, 0.25) is 11.5 Å². The van der Waals surface area contributed by atoms with E-state index in [-0.39, 0.29) is 33.2 Å². The molecule has 12 nitrogen and oxygen atoms in total. The van der Waals surface area contributed by atoms with Crippen molar-refractivity contribution in [3.05, 3.63) is 132 Å². The first-order valence-corrected chi connectivity index (χ1v) is 19.1. The average molecular weight is 799 g/mol. The molecule has 0 saturated heterocycles. The van der Waals surface area contributed by atoms with E-state index in [2.05, 4.69) is 38.2 Å². The highest BCUT2D eigenvalue weighted by Gasteiger charge is 2.25. The first-order chi connectivity index (χ1) is 27.8. The van der Waals surface area contributed by atoms with Crippen molar-refractivity contribution in [3.63, 3.8) is 0 Å². The molecule has 4 aromatic heterocycles. The van der Waals surface area contributed by atoms with Crippen LogP contribution in [0.25, 0.3) is 33.3 Å². The van der Waals surface area contributed by atoms with Crippen molar-refractivity contribution in [1.82, 2.24) is 20.6 Å². The van der Waals surface area contributed by atoms with Crippen molar-refractivity contribution < 1.29 is 27.9 Å². The van der Waals surface area contributed by atoms with Gasteiger partial charge in [0, 0.05) is 40.8 Å². The number of benzene rings is 3. The Bertz CT molecular complexity index is 2570. The largest absolute Gasteiger partial charge is 0.491 e. The standard InChI is InChI=1S/C43H38N6O6S2/c1-3-4-6-10-26-15-17-29(18-16-26)46-42(56)49-40(51)38-37(52-2)36-34(54-38)21-28(24-45-36)32-19-20-44-41-33(32)23-35(55-41)39(50)48-43(57)47-30-13-9-14-31(22-30)53-25-27-11-7-5-8-12-27/h5,7-9,11-24H,3-4,6,10,25H2,1-2H3,(H2,46,49,51,56)(H2,47,48,50,57). The molecule has 7 aromatic rings. The lowest BCUT2D eigenvalue weighted by atomic mass is 10.1. The Hall–Kier alpha value is -6.64. The van der Waals surface area contributed by atoms with Gasteiger partial charge in [0.05, 0.1) is 7.11 Å². The molecule has 2 amide bonds. The van der Waals surface area contributed by atoms with E-state index < -0.39 is 11.8 Å². The van der Waals surface area contributed by atoms with Crippen molar-refractivity contribution in [2.24, 2.45) is 0 Å². The van der Waals surface area contributed by atoms with Crippen LogP contribution in [0.2, 0.25) is 0 Å². The number of unbranched alkanes of at least 4 members (excludes halogenated alkanes) is 2. The van der Waals surface area contributed by atoms with Crippen LogP contribution in [0.1, 0.15) is 58.4 Å². The number of amides is 2. The Morgan fingerprint density at radius 2 is 1.54 bits per heavy atom. The van der Waals surface area contributed by atoms with Crippen LogP contribution in [-0.4, -0.2) is 39.1 Å². The number of thiocarbonyl (C=S) groups is 2. The van der Waals surface area contributed by atoms with E-state index in [1.54, 1.807) is 36.7 Å². The lowest BCUT2D eigenvalue weighted by Gasteiger charge is -2.11. The number of rotatable bonds is 13. The van der Waals surface area contributed by atoms with E-state index in [0.717, 1.165) is 24.1 Å². The normalized spacial score (nSPS) is 10.9. The molecule has 0 aliphatic rings. The fourth-order valence-electron chi connectivity index (χ4n) is 6.13. The molecule has 288 valence electrons. The summed E-state index contributed by atoms with van der Waals surface area (Å²) in [6.07, 6.45) is 7.68. The number of carbonyl (C=O) groups excluding carboxylic acids is 2. The fraction of sp³-hybridized carbons (Fsp3) is 0.163. The first-order valence-electron chi connectivity index (χ1n) is 18.2. The van der Waals surface area contributed by atoms with Gasteiger partial charge in [-0.05, 0) is 96.4 Å². The second-order valence-corrected chi connectivity index (χ2v) is 13.8. The number of aromatic nitrogens is 2. The maximum absolute atomic E-state index is 13.3. The number of nitrogens with zero attached hydrogens (tertiary/aromatic N) is 2. The number of ether oxygens (including phenoxy) is 2. The number of aryl methyl sites for hydroxylation is 1. The summed E-state index contributed by atoms with van der Waals surface area (Å²) < 4.78 is 23.3. The first kappa shape index (κ1) is 38.6. The van der Waals surface area contributed by atoms with Gasteiger partial charge >= 0.3 is 0 Å². The van der Waals surface area contributed by atoms with E-state index >= 15 is 0 Å². The summed E-state index contributed by atoms with van der Waals surface area (Å²) >= 11 is 10.8. The predicted octanol–water partition coefficient (Wildman–Crippen LogP) is 9.21. The molecule has 0 aliphatic carbocycles. The summed E-state index contributed by atoms with van der Waals surface area (Å²) in [6.45, 7) is 2.59. The van der Waals surface area contributed by atoms with Crippen molar-refractivity contribution in [2.75, 3.05) is 17.7 Å². The van der Waals surface area contributed by atoms with Crippen LogP contribution in [0.3, 0.4) is 0 Å². The second-order valence-electron chi connectivity index (χ2n) is 13.0. The second kappa shape index (κ2) is 17.9. The number of furan rings is 2. The Labute approximate surface area is 339 Å². The minimum Gasteiger partial charge on any atom is -0.491 e. The van der Waals surface area contributed by atoms with E-state index in [4.69, 9.17) is 42.7 Å². The highest BCUT2D eigenvalue weighted by Crippen LogP contribution is 2.36. The van der Waals surface area contributed by atoms with Crippen LogP contribution in [0.5, 0.6) is 11.5 Å². The van der Waals surface area contributed by atoms with Gasteiger partial charge in [-0.15, -0.1) is 0 Å². The SMILES string of the molecule is CCCCCc1ccc(NC(=S)NC(=O)c2oc3cc(-c4ccnc5oc(C(=O)NC(=S)Nc6cccc(OCc7ccccc7)c6)cc45)cnc3c2OC)cc1. The lowest BCUT2D eigenvalue weighted by molar-refractivity contribution is 0.0942. The van der Waals surface area contributed by atoms with Gasteiger partial charge in [-0.25, -0.2) is 9.97 Å². The number of anilines is 2. The molecule has 0 spiro atoms. The molecule has 0 aliphatic heterocycles. The summed E-state index contributed by atoms with van der Waals surface area (Å²) in [4.78, 5) is 35.5. The van der Waals surface area contributed by atoms with E-state index in [1.165, 1.54) is 25.5 Å².